The summed E-state index contributed by atoms with van der Waals surface area (Å²) in [6.07, 6.45) is -2.66. The number of amides is 2. The van der Waals surface area contributed by atoms with Gasteiger partial charge in [0.2, 0.25) is 0 Å². The Labute approximate surface area is 140 Å². The minimum absolute atomic E-state index is 0.0409. The second kappa shape index (κ2) is 6.90. The molecule has 0 N–H and O–H groups in total. The van der Waals surface area contributed by atoms with Crippen molar-refractivity contribution in [3.63, 3.8) is 0 Å². The molecule has 0 bridgehead atoms. The highest BCUT2D eigenvalue weighted by molar-refractivity contribution is 5.96. The number of imide groups is 1. The van der Waals surface area contributed by atoms with Crippen LogP contribution in [0.2, 0.25) is 0 Å². The summed E-state index contributed by atoms with van der Waals surface area (Å²) in [5, 5.41) is 0. The molecule has 0 aliphatic carbocycles. The maximum absolute atomic E-state index is 12.4. The second-order valence-electron chi connectivity index (χ2n) is 6.48. The lowest BCUT2D eigenvalue weighted by molar-refractivity contribution is -0.150. The van der Waals surface area contributed by atoms with Crippen LogP contribution in [0.5, 0.6) is 0 Å². The zero-order valence-electron chi connectivity index (χ0n) is 14.1. The van der Waals surface area contributed by atoms with E-state index in [2.05, 4.69) is 0 Å². The van der Waals surface area contributed by atoms with Gasteiger partial charge in [-0.2, -0.15) is 4.90 Å². The van der Waals surface area contributed by atoms with Crippen LogP contribution in [0.4, 0.5) is 9.59 Å². The standard InChI is InChI=1S/C17H21NO6/c1-11-13(14(19)22-10-12-8-6-5-7-9-12)18(15(20)23-11)16(21)24-17(2,3)4/h5-9,11,13H,10H2,1-4H3/t11-,13+/m1/s1. The Morgan fingerprint density at radius 3 is 2.42 bits per heavy atom. The Kier molecular flexibility index (Phi) is 5.11. The number of cyclic esters (lactones) is 1. The van der Waals surface area contributed by atoms with Gasteiger partial charge >= 0.3 is 18.2 Å². The molecule has 1 aromatic rings. The van der Waals surface area contributed by atoms with Gasteiger partial charge in [-0.1, -0.05) is 30.3 Å². The Bertz CT molecular complexity index is 622. The Hall–Kier alpha value is -2.57. The van der Waals surface area contributed by atoms with Crippen LogP contribution < -0.4 is 0 Å². The predicted octanol–water partition coefficient (Wildman–Crippen LogP) is 2.87. The van der Waals surface area contributed by atoms with Crippen molar-refractivity contribution in [1.82, 2.24) is 4.90 Å². The molecule has 2 amide bonds. The van der Waals surface area contributed by atoms with E-state index in [-0.39, 0.29) is 6.61 Å². The van der Waals surface area contributed by atoms with E-state index in [0.29, 0.717) is 4.90 Å². The molecule has 0 aromatic heterocycles. The van der Waals surface area contributed by atoms with E-state index in [1.807, 2.05) is 18.2 Å². The van der Waals surface area contributed by atoms with Crippen LogP contribution in [0.15, 0.2) is 30.3 Å². The van der Waals surface area contributed by atoms with Crippen LogP contribution >= 0.6 is 0 Å². The molecule has 0 saturated carbocycles. The first kappa shape index (κ1) is 17.8. The third-order valence-electron chi connectivity index (χ3n) is 3.26. The summed E-state index contributed by atoms with van der Waals surface area (Å²) in [5.74, 6) is -0.719. The minimum Gasteiger partial charge on any atom is -0.459 e. The number of carbonyl (C=O) groups is 3. The molecule has 2 atom stereocenters. The van der Waals surface area contributed by atoms with E-state index >= 15 is 0 Å². The highest BCUT2D eigenvalue weighted by Gasteiger charge is 2.50. The van der Waals surface area contributed by atoms with Gasteiger partial charge in [0.25, 0.3) is 0 Å². The third kappa shape index (κ3) is 4.24. The molecule has 0 unspecified atom stereocenters. The zero-order chi connectivity index (χ0) is 17.9. The lowest BCUT2D eigenvalue weighted by Crippen LogP contribution is -2.48. The average molecular weight is 335 g/mol. The Balaban J connectivity index is 2.08. The van der Waals surface area contributed by atoms with Crippen molar-refractivity contribution in [3.8, 4) is 0 Å². The summed E-state index contributed by atoms with van der Waals surface area (Å²) in [4.78, 5) is 37.1. The molecule has 1 heterocycles. The van der Waals surface area contributed by atoms with Crippen LogP contribution in [0, 0.1) is 0 Å². The summed E-state index contributed by atoms with van der Waals surface area (Å²) in [6, 6.07) is 7.93. The smallest absolute Gasteiger partial charge is 0.420 e. The maximum Gasteiger partial charge on any atom is 0.420 e. The van der Waals surface area contributed by atoms with Crippen molar-refractivity contribution in [2.75, 3.05) is 0 Å². The lowest BCUT2D eigenvalue weighted by Gasteiger charge is -2.25. The van der Waals surface area contributed by atoms with E-state index in [9.17, 15) is 14.4 Å². The van der Waals surface area contributed by atoms with E-state index in [1.165, 1.54) is 6.92 Å². The van der Waals surface area contributed by atoms with Gasteiger partial charge in [-0.15, -0.1) is 0 Å². The molecule has 1 fully saturated rings. The quantitative estimate of drug-likeness (QED) is 0.624. The van der Waals surface area contributed by atoms with Gasteiger partial charge in [0, 0.05) is 0 Å². The van der Waals surface area contributed by atoms with Gasteiger partial charge in [-0.3, -0.25) is 0 Å². The van der Waals surface area contributed by atoms with Crippen molar-refractivity contribution in [2.24, 2.45) is 0 Å². The van der Waals surface area contributed by atoms with Crippen LogP contribution in [0.3, 0.4) is 0 Å². The van der Waals surface area contributed by atoms with Crippen molar-refractivity contribution in [3.05, 3.63) is 35.9 Å². The number of esters is 1. The van der Waals surface area contributed by atoms with E-state index in [4.69, 9.17) is 14.2 Å². The number of ether oxygens (including phenoxy) is 3. The Morgan fingerprint density at radius 1 is 1.21 bits per heavy atom. The van der Waals surface area contributed by atoms with Crippen molar-refractivity contribution in [2.45, 2.75) is 52.0 Å². The van der Waals surface area contributed by atoms with E-state index in [1.54, 1.807) is 32.9 Å². The van der Waals surface area contributed by atoms with Crippen LogP contribution in [0.25, 0.3) is 0 Å². The molecule has 1 saturated heterocycles. The number of nitrogens with zero attached hydrogens (tertiary/aromatic N) is 1. The molecular formula is C17H21NO6. The van der Waals surface area contributed by atoms with Crippen LogP contribution in [-0.2, 0) is 25.6 Å². The molecule has 24 heavy (non-hydrogen) atoms. The topological polar surface area (TPSA) is 82.1 Å². The first-order valence-electron chi connectivity index (χ1n) is 7.62. The highest BCUT2D eigenvalue weighted by Crippen LogP contribution is 2.24. The van der Waals surface area contributed by atoms with Crippen LogP contribution in [0.1, 0.15) is 33.3 Å². The predicted molar refractivity (Wildman–Crippen MR) is 84.0 cm³/mol. The van der Waals surface area contributed by atoms with E-state index < -0.39 is 35.9 Å². The fourth-order valence-corrected chi connectivity index (χ4v) is 2.21. The largest absolute Gasteiger partial charge is 0.459 e. The lowest BCUT2D eigenvalue weighted by atomic mass is 10.1. The zero-order valence-corrected chi connectivity index (χ0v) is 14.1. The van der Waals surface area contributed by atoms with Crippen molar-refractivity contribution >= 4 is 18.2 Å². The summed E-state index contributed by atoms with van der Waals surface area (Å²) in [5.41, 5.74) is -0.00521. The molecule has 7 heteroatoms. The average Bonchev–Trinajstić information content (AvgIpc) is 2.78. The molecule has 0 spiro atoms. The molecule has 1 aromatic carbocycles. The second-order valence-corrected chi connectivity index (χ2v) is 6.48. The molecular weight excluding hydrogens is 314 g/mol. The third-order valence-corrected chi connectivity index (χ3v) is 3.26. The molecule has 1 aliphatic rings. The SMILES string of the molecule is C[C@H]1OC(=O)N(C(=O)OC(C)(C)C)[C@@H]1C(=O)OCc1ccccc1. The van der Waals surface area contributed by atoms with Gasteiger partial charge in [0.1, 0.15) is 18.3 Å². The summed E-state index contributed by atoms with van der Waals surface area (Å²) >= 11 is 0. The monoisotopic (exact) mass is 335 g/mol. The first-order valence-corrected chi connectivity index (χ1v) is 7.62. The first-order chi connectivity index (χ1) is 11.2. The normalized spacial score (nSPS) is 20.5. The van der Waals surface area contributed by atoms with Gasteiger partial charge in [0.15, 0.2) is 6.04 Å². The number of hydrogen-bond acceptors (Lipinski definition) is 6. The molecule has 130 valence electrons. The summed E-state index contributed by atoms with van der Waals surface area (Å²) in [7, 11) is 0. The van der Waals surface area contributed by atoms with Gasteiger partial charge in [-0.25, -0.2) is 14.4 Å². The minimum atomic E-state index is -1.17. The summed E-state index contributed by atoms with van der Waals surface area (Å²) < 4.78 is 15.4. The molecule has 1 aliphatic heterocycles. The van der Waals surface area contributed by atoms with Crippen molar-refractivity contribution in [1.29, 1.82) is 0 Å². The van der Waals surface area contributed by atoms with E-state index in [0.717, 1.165) is 5.56 Å². The van der Waals surface area contributed by atoms with Gasteiger partial charge in [-0.05, 0) is 33.3 Å². The number of carbonyl (C=O) groups excluding carboxylic acids is 3. The number of rotatable bonds is 3. The van der Waals surface area contributed by atoms with Crippen molar-refractivity contribution < 1.29 is 28.6 Å². The van der Waals surface area contributed by atoms with Gasteiger partial charge < -0.3 is 14.2 Å². The fourth-order valence-electron chi connectivity index (χ4n) is 2.21. The number of hydrogen-bond donors (Lipinski definition) is 0. The Morgan fingerprint density at radius 2 is 1.83 bits per heavy atom. The number of benzene rings is 1. The summed E-state index contributed by atoms with van der Waals surface area (Å²) in [6.45, 7) is 6.56. The molecule has 7 nitrogen and oxygen atoms in total. The van der Waals surface area contributed by atoms with Gasteiger partial charge in [0.05, 0.1) is 0 Å². The fraction of sp³-hybridized carbons (Fsp3) is 0.471. The molecule has 2 rings (SSSR count). The highest BCUT2D eigenvalue weighted by atomic mass is 16.6. The van der Waals surface area contributed by atoms with Crippen LogP contribution in [-0.4, -0.2) is 40.8 Å². The molecule has 0 radical (unpaired) electrons. The maximum atomic E-state index is 12.4.